The minimum absolute atomic E-state index is 0.155. The van der Waals surface area contributed by atoms with Gasteiger partial charge in [-0.15, -0.1) is 6.58 Å². The summed E-state index contributed by atoms with van der Waals surface area (Å²) in [6.45, 7) is 8.40. The fourth-order valence-electron chi connectivity index (χ4n) is 6.09. The van der Waals surface area contributed by atoms with E-state index in [0.717, 1.165) is 13.1 Å². The maximum Gasteiger partial charge on any atom is 0.296 e. The van der Waals surface area contributed by atoms with Gasteiger partial charge in [0.25, 0.3) is 17.6 Å². The highest BCUT2D eigenvalue weighted by molar-refractivity contribution is 6.50. The zero-order valence-corrected chi connectivity index (χ0v) is 22.1. The van der Waals surface area contributed by atoms with Gasteiger partial charge in [0.2, 0.25) is 0 Å². The van der Waals surface area contributed by atoms with E-state index in [1.807, 2.05) is 0 Å². The van der Waals surface area contributed by atoms with Crippen molar-refractivity contribution in [3.63, 3.8) is 0 Å². The van der Waals surface area contributed by atoms with E-state index < -0.39 is 28.9 Å². The molecule has 2 aromatic carbocycles. The molecule has 6 rings (SSSR count). The van der Waals surface area contributed by atoms with Crippen LogP contribution in [0.2, 0.25) is 0 Å². The van der Waals surface area contributed by atoms with Gasteiger partial charge in [0.15, 0.2) is 17.0 Å². The number of aliphatic hydroxyl groups is 1. The normalized spacial score (nSPS) is 23.6. The number of carbonyl (C=O) groups excluding carboxylic acids is 3. The van der Waals surface area contributed by atoms with Crippen LogP contribution in [0.3, 0.4) is 0 Å². The minimum atomic E-state index is -1.81. The Labute approximate surface area is 232 Å². The van der Waals surface area contributed by atoms with E-state index in [9.17, 15) is 19.5 Å². The molecule has 1 N–H and O–H groups in total. The number of hydrogen-bond donors (Lipinski definition) is 1. The summed E-state index contributed by atoms with van der Waals surface area (Å²) >= 11 is 0. The lowest BCUT2D eigenvalue weighted by molar-refractivity contribution is -0.143. The number of benzene rings is 2. The zero-order chi connectivity index (χ0) is 27.9. The standard InChI is InChI=1S/C30H31N3O7/c1-2-10-32-22-7-4-3-6-21(22)30(29(32)37)25(26(34)20-8-9-23-24(19-20)40-18-17-39-23)27(35)28(36)33(30)12-5-11-31-13-15-38-16-14-31/h2-4,6-9,19,34H,1,5,10-18H2/b26-25+. The van der Waals surface area contributed by atoms with Gasteiger partial charge in [0, 0.05) is 43.9 Å². The zero-order valence-electron chi connectivity index (χ0n) is 22.1. The van der Waals surface area contributed by atoms with Gasteiger partial charge in [0.1, 0.15) is 19.0 Å². The van der Waals surface area contributed by atoms with E-state index in [1.165, 1.54) is 9.80 Å². The highest BCUT2D eigenvalue weighted by Crippen LogP contribution is 2.53. The van der Waals surface area contributed by atoms with E-state index >= 15 is 0 Å². The first-order chi connectivity index (χ1) is 19.5. The molecule has 2 saturated heterocycles. The molecule has 0 aliphatic carbocycles. The van der Waals surface area contributed by atoms with Crippen molar-refractivity contribution in [1.82, 2.24) is 9.80 Å². The van der Waals surface area contributed by atoms with Crippen LogP contribution in [0.25, 0.3) is 5.76 Å². The first kappa shape index (κ1) is 26.1. The molecular weight excluding hydrogens is 514 g/mol. The van der Waals surface area contributed by atoms with Crippen LogP contribution in [-0.2, 0) is 24.7 Å². The van der Waals surface area contributed by atoms with E-state index in [4.69, 9.17) is 14.2 Å². The summed E-state index contributed by atoms with van der Waals surface area (Å²) in [6.07, 6.45) is 2.13. The van der Waals surface area contributed by atoms with Crippen molar-refractivity contribution < 1.29 is 33.7 Å². The van der Waals surface area contributed by atoms with Crippen LogP contribution in [0.1, 0.15) is 17.5 Å². The van der Waals surface area contributed by atoms with Crippen molar-refractivity contribution in [1.29, 1.82) is 0 Å². The predicted octanol–water partition coefficient (Wildman–Crippen LogP) is 2.29. The molecule has 4 heterocycles. The lowest BCUT2D eigenvalue weighted by Crippen LogP contribution is -2.52. The summed E-state index contributed by atoms with van der Waals surface area (Å²) in [6, 6.07) is 11.9. The molecule has 10 heteroatoms. The summed E-state index contributed by atoms with van der Waals surface area (Å²) in [7, 11) is 0. The molecule has 1 unspecified atom stereocenters. The molecule has 2 amide bonds. The lowest BCUT2D eigenvalue weighted by Gasteiger charge is -2.35. The summed E-state index contributed by atoms with van der Waals surface area (Å²) in [4.78, 5) is 47.0. The highest BCUT2D eigenvalue weighted by atomic mass is 16.6. The Morgan fingerprint density at radius 1 is 0.975 bits per heavy atom. The maximum absolute atomic E-state index is 14.4. The van der Waals surface area contributed by atoms with Crippen molar-refractivity contribution in [2.45, 2.75) is 12.0 Å². The van der Waals surface area contributed by atoms with Gasteiger partial charge in [-0.05, 0) is 30.7 Å². The van der Waals surface area contributed by atoms with Gasteiger partial charge < -0.3 is 29.1 Å². The molecule has 1 atom stereocenters. The van der Waals surface area contributed by atoms with Crippen LogP contribution in [0.4, 0.5) is 5.69 Å². The number of para-hydroxylation sites is 1. The van der Waals surface area contributed by atoms with Crippen molar-refractivity contribution in [2.75, 3.05) is 64.1 Å². The molecule has 40 heavy (non-hydrogen) atoms. The third-order valence-corrected chi connectivity index (χ3v) is 7.90. The fourth-order valence-corrected chi connectivity index (χ4v) is 6.09. The first-order valence-electron chi connectivity index (χ1n) is 13.5. The SMILES string of the molecule is C=CCN1C(=O)C2(/C(=C(/O)c3ccc4c(c3)OCCO4)C(=O)C(=O)N2CCCN2CCOCC2)c2ccccc21. The third-order valence-electron chi connectivity index (χ3n) is 7.90. The largest absolute Gasteiger partial charge is 0.507 e. The average molecular weight is 546 g/mol. The Bertz CT molecular complexity index is 1410. The third kappa shape index (κ3) is 3.98. The molecule has 2 aromatic rings. The Morgan fingerprint density at radius 2 is 1.73 bits per heavy atom. The number of nitrogens with zero attached hydrogens (tertiary/aromatic N) is 3. The number of rotatable bonds is 7. The van der Waals surface area contributed by atoms with Crippen LogP contribution in [0, 0.1) is 0 Å². The molecule has 4 aliphatic heterocycles. The van der Waals surface area contributed by atoms with Crippen LogP contribution >= 0.6 is 0 Å². The quantitative estimate of drug-likeness (QED) is 0.244. The van der Waals surface area contributed by atoms with E-state index in [1.54, 1.807) is 48.5 Å². The van der Waals surface area contributed by atoms with E-state index in [-0.39, 0.29) is 24.2 Å². The number of amides is 2. The number of ether oxygens (including phenoxy) is 3. The number of carbonyl (C=O) groups is 3. The number of likely N-dealkylation sites (tertiary alicyclic amines) is 1. The van der Waals surface area contributed by atoms with Crippen molar-refractivity contribution in [3.05, 3.63) is 71.8 Å². The number of hydrogen-bond acceptors (Lipinski definition) is 8. The van der Waals surface area contributed by atoms with Crippen LogP contribution in [0.5, 0.6) is 11.5 Å². The van der Waals surface area contributed by atoms with Gasteiger partial charge in [-0.25, -0.2) is 0 Å². The topological polar surface area (TPSA) is 109 Å². The summed E-state index contributed by atoms with van der Waals surface area (Å²) in [5, 5.41) is 11.7. The van der Waals surface area contributed by atoms with Crippen molar-refractivity contribution in [2.24, 2.45) is 0 Å². The number of morpholine rings is 1. The summed E-state index contributed by atoms with van der Waals surface area (Å²) in [5.74, 6) is -1.70. The van der Waals surface area contributed by atoms with Gasteiger partial charge in [-0.3, -0.25) is 19.3 Å². The first-order valence-corrected chi connectivity index (χ1v) is 13.5. The average Bonchev–Trinajstić information content (AvgIpc) is 3.36. The monoisotopic (exact) mass is 545 g/mol. The second kappa shape index (κ2) is 10.4. The number of anilines is 1. The Balaban J connectivity index is 1.49. The Morgan fingerprint density at radius 3 is 2.50 bits per heavy atom. The molecule has 2 fully saturated rings. The van der Waals surface area contributed by atoms with Crippen LogP contribution in [-0.4, -0.2) is 91.7 Å². The number of aliphatic hydroxyl groups excluding tert-OH is 1. The molecule has 1 spiro atoms. The smallest absolute Gasteiger partial charge is 0.296 e. The molecule has 0 radical (unpaired) electrons. The Hall–Kier alpha value is -4.15. The van der Waals surface area contributed by atoms with Gasteiger partial charge >= 0.3 is 0 Å². The molecule has 0 bridgehead atoms. The van der Waals surface area contributed by atoms with Crippen molar-refractivity contribution in [3.8, 4) is 11.5 Å². The molecule has 0 aromatic heterocycles. The summed E-state index contributed by atoms with van der Waals surface area (Å²) < 4.78 is 16.7. The molecular formula is C30H31N3O7. The predicted molar refractivity (Wildman–Crippen MR) is 146 cm³/mol. The maximum atomic E-state index is 14.4. The highest BCUT2D eigenvalue weighted by Gasteiger charge is 2.66. The molecule has 0 saturated carbocycles. The second-order valence-electron chi connectivity index (χ2n) is 10.1. The lowest BCUT2D eigenvalue weighted by atomic mass is 9.81. The van der Waals surface area contributed by atoms with Crippen LogP contribution < -0.4 is 14.4 Å². The van der Waals surface area contributed by atoms with Crippen LogP contribution in [0.15, 0.2) is 60.7 Å². The number of ketones is 1. The van der Waals surface area contributed by atoms with Gasteiger partial charge in [-0.1, -0.05) is 24.3 Å². The molecule has 208 valence electrons. The van der Waals surface area contributed by atoms with E-state index in [2.05, 4.69) is 11.5 Å². The number of fused-ring (bicyclic) bond motifs is 3. The van der Waals surface area contributed by atoms with Gasteiger partial charge in [0.05, 0.1) is 24.5 Å². The van der Waals surface area contributed by atoms with E-state index in [0.29, 0.717) is 62.1 Å². The molecule has 10 nitrogen and oxygen atoms in total. The van der Waals surface area contributed by atoms with Gasteiger partial charge in [-0.2, -0.15) is 0 Å². The fraction of sp³-hybridized carbons (Fsp3) is 0.367. The van der Waals surface area contributed by atoms with Crippen molar-refractivity contribution >= 4 is 29.0 Å². The summed E-state index contributed by atoms with van der Waals surface area (Å²) in [5.41, 5.74) is -0.755. The number of Topliss-reactive ketones (excluding diaryl/α,β-unsaturated/α-hetero) is 1. The second-order valence-corrected chi connectivity index (χ2v) is 10.1. The molecule has 4 aliphatic rings. The minimum Gasteiger partial charge on any atom is -0.507 e. The Kier molecular flexibility index (Phi) is 6.81.